The van der Waals surface area contributed by atoms with Gasteiger partial charge in [0, 0.05) is 41.6 Å². The molecule has 8 heteroatoms. The number of carbonyl (C=O) groups excluding carboxylic acids is 3. The number of amides is 3. The average molecular weight is 425 g/mol. The van der Waals surface area contributed by atoms with Crippen LogP contribution in [0, 0.1) is 5.92 Å². The van der Waals surface area contributed by atoms with E-state index in [-0.39, 0.29) is 30.2 Å². The number of ether oxygens (including phenoxy) is 1. The van der Waals surface area contributed by atoms with Gasteiger partial charge in [-0.3, -0.25) is 14.4 Å². The zero-order chi connectivity index (χ0) is 22.2. The summed E-state index contributed by atoms with van der Waals surface area (Å²) in [6.07, 6.45) is 0. The maximum atomic E-state index is 12.6. The van der Waals surface area contributed by atoms with Crippen molar-refractivity contribution in [2.45, 2.75) is 13.8 Å². The van der Waals surface area contributed by atoms with Crippen LogP contribution in [0.4, 0.5) is 17.1 Å². The van der Waals surface area contributed by atoms with E-state index in [9.17, 15) is 14.4 Å². The van der Waals surface area contributed by atoms with E-state index in [2.05, 4.69) is 16.0 Å². The van der Waals surface area contributed by atoms with E-state index in [1.165, 1.54) is 0 Å². The third-order valence-electron chi connectivity index (χ3n) is 4.80. The van der Waals surface area contributed by atoms with Crippen molar-refractivity contribution in [3.63, 3.8) is 0 Å². The molecule has 0 atom stereocenters. The summed E-state index contributed by atoms with van der Waals surface area (Å²) in [5.41, 5.74) is 2.47. The van der Waals surface area contributed by atoms with E-state index in [0.717, 1.165) is 0 Å². The van der Waals surface area contributed by atoms with Crippen molar-refractivity contribution >= 4 is 34.8 Å². The first kappa shape index (κ1) is 22.3. The Morgan fingerprint density at radius 1 is 0.935 bits per heavy atom. The molecular formula is C23H28N4O4. The number of rotatable bonds is 7. The lowest BCUT2D eigenvalue weighted by Gasteiger charge is -2.27. The van der Waals surface area contributed by atoms with Gasteiger partial charge in [-0.2, -0.15) is 0 Å². The summed E-state index contributed by atoms with van der Waals surface area (Å²) >= 11 is 0. The van der Waals surface area contributed by atoms with E-state index >= 15 is 0 Å². The third kappa shape index (κ3) is 6.55. The number of morpholine rings is 1. The Morgan fingerprint density at radius 3 is 2.29 bits per heavy atom. The maximum Gasteiger partial charge on any atom is 0.254 e. The highest BCUT2D eigenvalue weighted by Crippen LogP contribution is 2.17. The molecule has 1 aliphatic heterocycles. The van der Waals surface area contributed by atoms with Crippen LogP contribution in [0.1, 0.15) is 24.2 Å². The van der Waals surface area contributed by atoms with Crippen LogP contribution in [-0.2, 0) is 14.3 Å². The smallest absolute Gasteiger partial charge is 0.254 e. The topological polar surface area (TPSA) is 99.8 Å². The van der Waals surface area contributed by atoms with Crippen molar-refractivity contribution in [3.8, 4) is 0 Å². The van der Waals surface area contributed by atoms with Crippen molar-refractivity contribution in [1.29, 1.82) is 0 Å². The van der Waals surface area contributed by atoms with Crippen LogP contribution in [-0.4, -0.2) is 55.5 Å². The van der Waals surface area contributed by atoms with Crippen LogP contribution in [0.3, 0.4) is 0 Å². The number of anilines is 3. The molecule has 0 saturated carbocycles. The molecule has 0 unspecified atom stereocenters. The molecule has 1 aliphatic rings. The first-order valence-electron chi connectivity index (χ1n) is 10.3. The Kier molecular flexibility index (Phi) is 7.61. The third-order valence-corrected chi connectivity index (χ3v) is 4.80. The van der Waals surface area contributed by atoms with Crippen molar-refractivity contribution in [1.82, 2.24) is 4.90 Å². The molecule has 8 nitrogen and oxygen atoms in total. The fourth-order valence-corrected chi connectivity index (χ4v) is 3.06. The molecule has 1 saturated heterocycles. The van der Waals surface area contributed by atoms with E-state index < -0.39 is 0 Å². The number of carbonyl (C=O) groups is 3. The van der Waals surface area contributed by atoms with Crippen LogP contribution < -0.4 is 16.0 Å². The van der Waals surface area contributed by atoms with Crippen LogP contribution in [0.2, 0.25) is 0 Å². The van der Waals surface area contributed by atoms with Crippen LogP contribution in [0.5, 0.6) is 0 Å². The number of nitrogens with zero attached hydrogens (tertiary/aromatic N) is 1. The van der Waals surface area contributed by atoms with Crippen molar-refractivity contribution in [2.75, 3.05) is 48.8 Å². The molecule has 2 aromatic carbocycles. The first-order valence-corrected chi connectivity index (χ1v) is 10.3. The van der Waals surface area contributed by atoms with E-state index in [4.69, 9.17) is 4.74 Å². The quantitative estimate of drug-likeness (QED) is 0.635. The molecular weight excluding hydrogens is 396 g/mol. The summed E-state index contributed by atoms with van der Waals surface area (Å²) in [7, 11) is 0. The minimum atomic E-state index is -0.243. The van der Waals surface area contributed by atoms with Gasteiger partial charge in [0.05, 0.1) is 19.8 Å². The highest BCUT2D eigenvalue weighted by atomic mass is 16.5. The molecule has 164 valence electrons. The summed E-state index contributed by atoms with van der Waals surface area (Å²) in [5.74, 6) is -0.500. The van der Waals surface area contributed by atoms with E-state index in [0.29, 0.717) is 48.9 Å². The molecule has 1 heterocycles. The summed E-state index contributed by atoms with van der Waals surface area (Å²) in [6, 6.07) is 14.1. The molecule has 1 fully saturated rings. The summed E-state index contributed by atoms with van der Waals surface area (Å²) in [4.78, 5) is 38.6. The maximum absolute atomic E-state index is 12.6. The Balaban J connectivity index is 1.54. The van der Waals surface area contributed by atoms with Gasteiger partial charge in [-0.05, 0) is 36.4 Å². The molecule has 3 N–H and O–H groups in total. The largest absolute Gasteiger partial charge is 0.378 e. The summed E-state index contributed by atoms with van der Waals surface area (Å²) in [6.45, 7) is 5.90. The predicted molar refractivity (Wildman–Crippen MR) is 120 cm³/mol. The van der Waals surface area contributed by atoms with Gasteiger partial charge in [0.2, 0.25) is 11.8 Å². The normalized spacial score (nSPS) is 13.6. The minimum Gasteiger partial charge on any atom is -0.378 e. The lowest BCUT2D eigenvalue weighted by molar-refractivity contribution is -0.119. The van der Waals surface area contributed by atoms with Crippen molar-refractivity contribution in [2.24, 2.45) is 5.92 Å². The van der Waals surface area contributed by atoms with Crippen LogP contribution >= 0.6 is 0 Å². The molecule has 31 heavy (non-hydrogen) atoms. The second-order valence-corrected chi connectivity index (χ2v) is 7.61. The second-order valence-electron chi connectivity index (χ2n) is 7.61. The number of hydrogen-bond acceptors (Lipinski definition) is 5. The first-order chi connectivity index (χ1) is 14.9. The second kappa shape index (κ2) is 10.6. The molecule has 0 aromatic heterocycles. The van der Waals surface area contributed by atoms with Gasteiger partial charge in [0.1, 0.15) is 0 Å². The zero-order valence-corrected chi connectivity index (χ0v) is 17.8. The Bertz CT molecular complexity index is 939. The number of benzene rings is 2. The highest BCUT2D eigenvalue weighted by molar-refractivity contribution is 5.98. The van der Waals surface area contributed by atoms with Gasteiger partial charge in [-0.25, -0.2) is 0 Å². The molecule has 2 aromatic rings. The summed E-state index contributed by atoms with van der Waals surface area (Å²) < 4.78 is 5.28. The Hall–Kier alpha value is -3.39. The van der Waals surface area contributed by atoms with Crippen LogP contribution in [0.15, 0.2) is 48.5 Å². The molecule has 0 radical (unpaired) electrons. The van der Waals surface area contributed by atoms with Gasteiger partial charge >= 0.3 is 0 Å². The molecule has 0 spiro atoms. The van der Waals surface area contributed by atoms with Crippen molar-refractivity contribution < 1.29 is 19.1 Å². The Morgan fingerprint density at radius 2 is 1.58 bits per heavy atom. The number of hydrogen-bond donors (Lipinski definition) is 3. The molecule has 0 aliphatic carbocycles. The Labute approximate surface area is 182 Å². The number of nitrogens with one attached hydrogen (secondary N) is 3. The SMILES string of the molecule is CC(C)C(=O)Nc1cccc(NCC(=O)Nc2cccc(C(=O)N3CCOCC3)c2)c1. The van der Waals surface area contributed by atoms with Gasteiger partial charge in [-0.15, -0.1) is 0 Å². The van der Waals surface area contributed by atoms with Gasteiger partial charge < -0.3 is 25.6 Å². The molecule has 3 amide bonds. The van der Waals surface area contributed by atoms with E-state index in [1.807, 2.05) is 19.9 Å². The predicted octanol–water partition coefficient (Wildman–Crippen LogP) is 2.80. The van der Waals surface area contributed by atoms with Crippen LogP contribution in [0.25, 0.3) is 0 Å². The lowest BCUT2D eigenvalue weighted by atomic mass is 10.1. The zero-order valence-electron chi connectivity index (χ0n) is 17.8. The van der Waals surface area contributed by atoms with E-state index in [1.54, 1.807) is 47.4 Å². The lowest BCUT2D eigenvalue weighted by Crippen LogP contribution is -2.40. The standard InChI is InChI=1S/C23H28N4O4/c1-16(2)22(29)26-20-8-4-6-18(14-20)24-15-21(28)25-19-7-3-5-17(13-19)23(30)27-9-11-31-12-10-27/h3-8,13-14,16,24H,9-12,15H2,1-2H3,(H,25,28)(H,26,29). The summed E-state index contributed by atoms with van der Waals surface area (Å²) in [5, 5.41) is 8.68. The molecule has 3 rings (SSSR count). The van der Waals surface area contributed by atoms with Gasteiger partial charge in [-0.1, -0.05) is 26.0 Å². The average Bonchev–Trinajstić information content (AvgIpc) is 2.78. The van der Waals surface area contributed by atoms with Crippen molar-refractivity contribution in [3.05, 3.63) is 54.1 Å². The monoisotopic (exact) mass is 424 g/mol. The van der Waals surface area contributed by atoms with Gasteiger partial charge in [0.15, 0.2) is 0 Å². The fourth-order valence-electron chi connectivity index (χ4n) is 3.06. The fraction of sp³-hybridized carbons (Fsp3) is 0.348. The molecule has 0 bridgehead atoms. The highest BCUT2D eigenvalue weighted by Gasteiger charge is 2.18. The van der Waals surface area contributed by atoms with Gasteiger partial charge in [0.25, 0.3) is 5.91 Å². The minimum absolute atomic E-state index is 0.0449.